The summed E-state index contributed by atoms with van der Waals surface area (Å²) in [5, 5.41) is 10.3. The highest BCUT2D eigenvalue weighted by Crippen LogP contribution is 2.25. The highest BCUT2D eigenvalue weighted by molar-refractivity contribution is 5.63. The van der Waals surface area contributed by atoms with E-state index in [1.165, 1.54) is 12.1 Å². The summed E-state index contributed by atoms with van der Waals surface area (Å²) in [6.07, 6.45) is -0.814. The molecule has 2 heteroatoms. The van der Waals surface area contributed by atoms with Crippen molar-refractivity contribution < 1.29 is 9.50 Å². The average Bonchev–Trinajstić information content (AvgIpc) is 2.55. The van der Waals surface area contributed by atoms with E-state index in [-0.39, 0.29) is 5.82 Å². The van der Waals surface area contributed by atoms with E-state index in [2.05, 4.69) is 0 Å². The monoisotopic (exact) mass is 278 g/mol. The molecule has 0 spiro atoms. The molecule has 21 heavy (non-hydrogen) atoms. The number of rotatable bonds is 3. The lowest BCUT2D eigenvalue weighted by atomic mass is 9.98. The Hall–Kier alpha value is -2.45. The second-order valence-electron chi connectivity index (χ2n) is 4.95. The Kier molecular flexibility index (Phi) is 3.80. The Morgan fingerprint density at radius 1 is 0.667 bits per heavy atom. The summed E-state index contributed by atoms with van der Waals surface area (Å²) in [6, 6.07) is 23.8. The fourth-order valence-electron chi connectivity index (χ4n) is 2.36. The van der Waals surface area contributed by atoms with Gasteiger partial charge in [-0.2, -0.15) is 0 Å². The molecule has 3 aromatic carbocycles. The van der Waals surface area contributed by atoms with Crippen molar-refractivity contribution in [3.05, 3.63) is 95.8 Å². The Morgan fingerprint density at radius 3 is 2.00 bits per heavy atom. The zero-order valence-electron chi connectivity index (χ0n) is 11.4. The average molecular weight is 278 g/mol. The third-order valence-electron chi connectivity index (χ3n) is 3.50. The van der Waals surface area contributed by atoms with Crippen LogP contribution >= 0.6 is 0 Å². The molecule has 1 unspecified atom stereocenters. The van der Waals surface area contributed by atoms with Crippen LogP contribution in [-0.4, -0.2) is 5.11 Å². The summed E-state index contributed by atoms with van der Waals surface area (Å²) < 4.78 is 13.2. The molecule has 104 valence electrons. The molecule has 3 rings (SSSR count). The van der Waals surface area contributed by atoms with Crippen molar-refractivity contribution in [1.29, 1.82) is 0 Å². The molecule has 0 saturated carbocycles. The molecule has 0 radical (unpaired) electrons. The molecule has 0 aliphatic rings. The Morgan fingerprint density at radius 2 is 1.33 bits per heavy atom. The van der Waals surface area contributed by atoms with Crippen molar-refractivity contribution in [2.75, 3.05) is 0 Å². The van der Waals surface area contributed by atoms with E-state index in [4.69, 9.17) is 0 Å². The van der Waals surface area contributed by atoms with Gasteiger partial charge in [0.05, 0.1) is 0 Å². The van der Waals surface area contributed by atoms with Crippen LogP contribution in [0.3, 0.4) is 0 Å². The van der Waals surface area contributed by atoms with Crippen molar-refractivity contribution in [2.45, 2.75) is 6.10 Å². The summed E-state index contributed by atoms with van der Waals surface area (Å²) >= 11 is 0. The van der Waals surface area contributed by atoms with Crippen LogP contribution in [0.4, 0.5) is 4.39 Å². The number of aliphatic hydroxyl groups is 1. The Balaban J connectivity index is 1.87. The molecule has 0 aliphatic heterocycles. The van der Waals surface area contributed by atoms with Crippen molar-refractivity contribution in [3.8, 4) is 11.1 Å². The van der Waals surface area contributed by atoms with Crippen molar-refractivity contribution >= 4 is 0 Å². The highest BCUT2D eigenvalue weighted by Gasteiger charge is 2.11. The fourth-order valence-corrected chi connectivity index (χ4v) is 2.36. The summed E-state index contributed by atoms with van der Waals surface area (Å²) in [7, 11) is 0. The zero-order chi connectivity index (χ0) is 14.7. The second kappa shape index (κ2) is 5.90. The zero-order valence-corrected chi connectivity index (χ0v) is 11.4. The van der Waals surface area contributed by atoms with Gasteiger partial charge in [0, 0.05) is 0 Å². The number of hydrogen-bond donors (Lipinski definition) is 1. The van der Waals surface area contributed by atoms with Crippen LogP contribution in [0.1, 0.15) is 17.2 Å². The lowest BCUT2D eigenvalue weighted by Gasteiger charge is -2.12. The van der Waals surface area contributed by atoms with E-state index in [1.54, 1.807) is 12.1 Å². The summed E-state index contributed by atoms with van der Waals surface area (Å²) in [5.41, 5.74) is 3.53. The van der Waals surface area contributed by atoms with Gasteiger partial charge >= 0.3 is 0 Å². The first kappa shape index (κ1) is 13.5. The van der Waals surface area contributed by atoms with Crippen LogP contribution < -0.4 is 0 Å². The van der Waals surface area contributed by atoms with Crippen molar-refractivity contribution in [3.63, 3.8) is 0 Å². The first-order valence-electron chi connectivity index (χ1n) is 6.83. The summed E-state index contributed by atoms with van der Waals surface area (Å²) in [6.45, 7) is 0. The Labute approximate surface area is 123 Å². The molecule has 1 N–H and O–H groups in total. The van der Waals surface area contributed by atoms with E-state index < -0.39 is 6.10 Å². The molecule has 0 saturated heterocycles. The van der Waals surface area contributed by atoms with Gasteiger partial charge in [0.2, 0.25) is 0 Å². The number of benzene rings is 3. The van der Waals surface area contributed by atoms with Gasteiger partial charge in [0.1, 0.15) is 11.9 Å². The van der Waals surface area contributed by atoms with Crippen LogP contribution in [0.2, 0.25) is 0 Å². The maximum absolute atomic E-state index is 13.2. The van der Waals surface area contributed by atoms with E-state index in [1.807, 2.05) is 54.6 Å². The molecular formula is C19H15FO. The van der Waals surface area contributed by atoms with Gasteiger partial charge in [-0.25, -0.2) is 4.39 Å². The third kappa shape index (κ3) is 3.01. The molecule has 1 nitrogen and oxygen atoms in total. The van der Waals surface area contributed by atoms with Gasteiger partial charge in [0.15, 0.2) is 0 Å². The number of hydrogen-bond acceptors (Lipinski definition) is 1. The first-order chi connectivity index (χ1) is 10.2. The second-order valence-corrected chi connectivity index (χ2v) is 4.95. The molecule has 1 atom stereocenters. The lowest BCUT2D eigenvalue weighted by molar-refractivity contribution is 0.220. The molecular weight excluding hydrogens is 263 g/mol. The normalized spacial score (nSPS) is 12.1. The predicted molar refractivity (Wildman–Crippen MR) is 82.3 cm³/mol. The van der Waals surface area contributed by atoms with Gasteiger partial charge < -0.3 is 5.11 Å². The number of halogens is 1. The van der Waals surface area contributed by atoms with Gasteiger partial charge in [-0.15, -0.1) is 0 Å². The molecule has 0 heterocycles. The third-order valence-corrected chi connectivity index (χ3v) is 3.50. The molecule has 3 aromatic rings. The fraction of sp³-hybridized carbons (Fsp3) is 0.0526. The minimum absolute atomic E-state index is 0.340. The van der Waals surface area contributed by atoms with Crippen LogP contribution in [0.5, 0.6) is 0 Å². The van der Waals surface area contributed by atoms with Crippen LogP contribution in [-0.2, 0) is 0 Å². The van der Waals surface area contributed by atoms with E-state index in [0.717, 1.165) is 16.7 Å². The molecule has 0 aliphatic carbocycles. The molecule has 0 fully saturated rings. The minimum Gasteiger partial charge on any atom is -0.384 e. The van der Waals surface area contributed by atoms with Crippen molar-refractivity contribution in [1.82, 2.24) is 0 Å². The smallest absolute Gasteiger partial charge is 0.123 e. The lowest BCUT2D eigenvalue weighted by Crippen LogP contribution is -1.99. The highest BCUT2D eigenvalue weighted by atomic mass is 19.1. The van der Waals surface area contributed by atoms with E-state index in [9.17, 15) is 9.50 Å². The van der Waals surface area contributed by atoms with Gasteiger partial charge in [-0.05, 0) is 34.4 Å². The van der Waals surface area contributed by atoms with E-state index in [0.29, 0.717) is 5.56 Å². The predicted octanol–water partition coefficient (Wildman–Crippen LogP) is 4.57. The van der Waals surface area contributed by atoms with Crippen LogP contribution in [0, 0.1) is 5.82 Å². The van der Waals surface area contributed by atoms with E-state index >= 15 is 0 Å². The molecule has 0 amide bonds. The van der Waals surface area contributed by atoms with Gasteiger partial charge in [0.25, 0.3) is 0 Å². The summed E-state index contributed by atoms with van der Waals surface area (Å²) in [5.74, 6) is -0.340. The largest absolute Gasteiger partial charge is 0.384 e. The van der Waals surface area contributed by atoms with Gasteiger partial charge in [-0.3, -0.25) is 0 Å². The number of aliphatic hydroxyl groups excluding tert-OH is 1. The minimum atomic E-state index is -0.814. The standard InChI is InChI=1S/C19H15FO/c20-18-8-4-7-17(13-18)19(21)16-11-9-15(10-12-16)14-5-2-1-3-6-14/h1-13,19,21H. The van der Waals surface area contributed by atoms with Crippen LogP contribution in [0.15, 0.2) is 78.9 Å². The maximum atomic E-state index is 13.2. The SMILES string of the molecule is OC(c1ccc(-c2ccccc2)cc1)c1cccc(F)c1. The van der Waals surface area contributed by atoms with Crippen LogP contribution in [0.25, 0.3) is 11.1 Å². The first-order valence-corrected chi connectivity index (χ1v) is 6.83. The van der Waals surface area contributed by atoms with Gasteiger partial charge in [-0.1, -0.05) is 66.7 Å². The summed E-state index contributed by atoms with van der Waals surface area (Å²) in [4.78, 5) is 0. The maximum Gasteiger partial charge on any atom is 0.123 e. The Bertz CT molecular complexity index is 720. The topological polar surface area (TPSA) is 20.2 Å². The quantitative estimate of drug-likeness (QED) is 0.743. The van der Waals surface area contributed by atoms with Crippen molar-refractivity contribution in [2.24, 2.45) is 0 Å². The molecule has 0 aromatic heterocycles. The molecule has 0 bridgehead atoms.